The molecule has 2 aliphatic heterocycles. The molecular formula is C10H18N2O2. The summed E-state index contributed by atoms with van der Waals surface area (Å²) in [5.74, 6) is 0.588. The van der Waals surface area contributed by atoms with E-state index in [9.17, 15) is 4.79 Å². The molecule has 1 amide bonds. The van der Waals surface area contributed by atoms with Gasteiger partial charge in [-0.25, -0.2) is 0 Å². The fourth-order valence-electron chi connectivity index (χ4n) is 2.04. The van der Waals surface area contributed by atoms with Crippen LogP contribution in [0, 0.1) is 5.92 Å². The Hall–Kier alpha value is -0.610. The molecular weight excluding hydrogens is 180 g/mol. The summed E-state index contributed by atoms with van der Waals surface area (Å²) >= 11 is 0. The summed E-state index contributed by atoms with van der Waals surface area (Å²) in [6.45, 7) is 4.51. The summed E-state index contributed by atoms with van der Waals surface area (Å²) in [5.41, 5.74) is 0. The first kappa shape index (κ1) is 9.93. The van der Waals surface area contributed by atoms with Gasteiger partial charge in [0.2, 0.25) is 5.91 Å². The van der Waals surface area contributed by atoms with Gasteiger partial charge in [0.15, 0.2) is 0 Å². The third kappa shape index (κ3) is 2.07. The lowest BCUT2D eigenvalue weighted by Gasteiger charge is -2.18. The summed E-state index contributed by atoms with van der Waals surface area (Å²) in [6.07, 6.45) is 2.07. The van der Waals surface area contributed by atoms with Crippen molar-refractivity contribution in [2.45, 2.75) is 31.8 Å². The summed E-state index contributed by atoms with van der Waals surface area (Å²) in [7, 11) is 0. The molecule has 0 bridgehead atoms. The molecule has 0 aromatic rings. The van der Waals surface area contributed by atoms with Crippen LogP contribution in [0.15, 0.2) is 0 Å². The zero-order valence-electron chi connectivity index (χ0n) is 8.58. The van der Waals surface area contributed by atoms with Gasteiger partial charge in [-0.1, -0.05) is 6.92 Å². The third-order valence-corrected chi connectivity index (χ3v) is 3.07. The standard InChI is InChI=1S/C10H18N2O2/c1-7-5-14-6-9(7)12-10(13)8-3-2-4-11-8/h7-9,11H,2-6H2,1H3,(H,12,13). The first-order valence-corrected chi connectivity index (χ1v) is 5.39. The lowest BCUT2D eigenvalue weighted by atomic mass is 10.1. The van der Waals surface area contributed by atoms with Gasteiger partial charge in [0, 0.05) is 5.92 Å². The monoisotopic (exact) mass is 198 g/mol. The average molecular weight is 198 g/mol. The second-order valence-electron chi connectivity index (χ2n) is 4.28. The number of ether oxygens (including phenoxy) is 1. The molecule has 2 fully saturated rings. The van der Waals surface area contributed by atoms with E-state index in [4.69, 9.17) is 4.74 Å². The first-order chi connectivity index (χ1) is 6.77. The molecule has 0 spiro atoms. The van der Waals surface area contributed by atoms with Crippen LogP contribution in [0.3, 0.4) is 0 Å². The molecule has 2 N–H and O–H groups in total. The SMILES string of the molecule is CC1COCC1NC(=O)C1CCCN1. The predicted octanol–water partition coefficient (Wildman–Crippen LogP) is -0.110. The van der Waals surface area contributed by atoms with E-state index in [1.54, 1.807) is 0 Å². The fourth-order valence-corrected chi connectivity index (χ4v) is 2.04. The normalized spacial score (nSPS) is 37.4. The number of nitrogens with one attached hydrogen (secondary N) is 2. The van der Waals surface area contributed by atoms with Crippen molar-refractivity contribution in [3.8, 4) is 0 Å². The highest BCUT2D eigenvalue weighted by Crippen LogP contribution is 2.13. The zero-order valence-corrected chi connectivity index (χ0v) is 8.58. The molecule has 2 aliphatic rings. The number of carbonyl (C=O) groups excluding carboxylic acids is 1. The maximum Gasteiger partial charge on any atom is 0.237 e. The lowest BCUT2D eigenvalue weighted by Crippen LogP contribution is -2.47. The van der Waals surface area contributed by atoms with Gasteiger partial charge in [-0.15, -0.1) is 0 Å². The van der Waals surface area contributed by atoms with Crippen LogP contribution in [-0.4, -0.2) is 37.7 Å². The molecule has 0 saturated carbocycles. The zero-order chi connectivity index (χ0) is 9.97. The summed E-state index contributed by atoms with van der Waals surface area (Å²) < 4.78 is 5.30. The Bertz CT molecular complexity index is 214. The van der Waals surface area contributed by atoms with E-state index in [1.165, 1.54) is 0 Å². The van der Waals surface area contributed by atoms with Gasteiger partial charge in [0.1, 0.15) is 0 Å². The highest BCUT2D eigenvalue weighted by Gasteiger charge is 2.29. The van der Waals surface area contributed by atoms with E-state index in [-0.39, 0.29) is 18.0 Å². The van der Waals surface area contributed by atoms with Crippen molar-refractivity contribution < 1.29 is 9.53 Å². The minimum atomic E-state index is 0.0304. The van der Waals surface area contributed by atoms with Gasteiger partial charge in [-0.2, -0.15) is 0 Å². The predicted molar refractivity (Wildman–Crippen MR) is 52.9 cm³/mol. The van der Waals surface area contributed by atoms with E-state index in [0.29, 0.717) is 12.5 Å². The van der Waals surface area contributed by atoms with Crippen molar-refractivity contribution in [2.24, 2.45) is 5.92 Å². The van der Waals surface area contributed by atoms with Crippen LogP contribution >= 0.6 is 0 Å². The van der Waals surface area contributed by atoms with Gasteiger partial charge in [-0.05, 0) is 19.4 Å². The molecule has 2 rings (SSSR count). The fraction of sp³-hybridized carbons (Fsp3) is 0.900. The smallest absolute Gasteiger partial charge is 0.237 e. The topological polar surface area (TPSA) is 50.4 Å². The number of hydrogen-bond acceptors (Lipinski definition) is 3. The van der Waals surface area contributed by atoms with Crippen LogP contribution in [0.5, 0.6) is 0 Å². The van der Waals surface area contributed by atoms with Crippen molar-refractivity contribution in [2.75, 3.05) is 19.8 Å². The van der Waals surface area contributed by atoms with E-state index >= 15 is 0 Å². The van der Waals surface area contributed by atoms with E-state index < -0.39 is 0 Å². The highest BCUT2D eigenvalue weighted by atomic mass is 16.5. The largest absolute Gasteiger partial charge is 0.379 e. The maximum absolute atomic E-state index is 11.7. The van der Waals surface area contributed by atoms with Crippen molar-refractivity contribution in [1.82, 2.24) is 10.6 Å². The Kier molecular flexibility index (Phi) is 3.03. The Balaban J connectivity index is 1.81. The average Bonchev–Trinajstić information content (AvgIpc) is 2.77. The van der Waals surface area contributed by atoms with Gasteiger partial charge in [-0.3, -0.25) is 4.79 Å². The van der Waals surface area contributed by atoms with Gasteiger partial charge >= 0.3 is 0 Å². The van der Waals surface area contributed by atoms with Gasteiger partial charge in [0.25, 0.3) is 0 Å². The number of hydrogen-bond donors (Lipinski definition) is 2. The lowest BCUT2D eigenvalue weighted by molar-refractivity contribution is -0.123. The van der Waals surface area contributed by atoms with Crippen LogP contribution in [-0.2, 0) is 9.53 Å². The van der Waals surface area contributed by atoms with Crippen LogP contribution in [0.1, 0.15) is 19.8 Å². The molecule has 0 aromatic heterocycles. The molecule has 3 atom stereocenters. The molecule has 14 heavy (non-hydrogen) atoms. The molecule has 2 heterocycles. The van der Waals surface area contributed by atoms with Crippen molar-refractivity contribution in [1.29, 1.82) is 0 Å². The highest BCUT2D eigenvalue weighted by molar-refractivity contribution is 5.82. The van der Waals surface area contributed by atoms with Crippen molar-refractivity contribution in [3.63, 3.8) is 0 Å². The molecule has 3 unspecified atom stereocenters. The van der Waals surface area contributed by atoms with E-state index in [2.05, 4.69) is 17.6 Å². The van der Waals surface area contributed by atoms with Crippen LogP contribution in [0.25, 0.3) is 0 Å². The van der Waals surface area contributed by atoms with Crippen molar-refractivity contribution in [3.05, 3.63) is 0 Å². The molecule has 0 radical (unpaired) electrons. The Labute approximate surface area is 84.4 Å². The van der Waals surface area contributed by atoms with Gasteiger partial charge in [0.05, 0.1) is 25.3 Å². The molecule has 0 aliphatic carbocycles. The Morgan fingerprint density at radius 1 is 1.50 bits per heavy atom. The number of carbonyl (C=O) groups is 1. The summed E-state index contributed by atoms with van der Waals surface area (Å²) in [5, 5.41) is 6.24. The molecule has 80 valence electrons. The first-order valence-electron chi connectivity index (χ1n) is 5.39. The quantitative estimate of drug-likeness (QED) is 0.651. The number of rotatable bonds is 2. The minimum absolute atomic E-state index is 0.0304. The molecule has 4 heteroatoms. The second kappa shape index (κ2) is 4.28. The van der Waals surface area contributed by atoms with Crippen LogP contribution in [0.4, 0.5) is 0 Å². The Morgan fingerprint density at radius 3 is 2.93 bits per heavy atom. The minimum Gasteiger partial charge on any atom is -0.379 e. The van der Waals surface area contributed by atoms with E-state index in [0.717, 1.165) is 26.0 Å². The molecule has 0 aromatic carbocycles. The third-order valence-electron chi connectivity index (χ3n) is 3.07. The number of amides is 1. The molecule has 2 saturated heterocycles. The van der Waals surface area contributed by atoms with Crippen molar-refractivity contribution >= 4 is 5.91 Å². The second-order valence-corrected chi connectivity index (χ2v) is 4.28. The Morgan fingerprint density at radius 2 is 2.36 bits per heavy atom. The van der Waals surface area contributed by atoms with Gasteiger partial charge < -0.3 is 15.4 Å². The summed E-state index contributed by atoms with van der Waals surface area (Å²) in [6, 6.07) is 0.243. The van der Waals surface area contributed by atoms with Crippen LogP contribution < -0.4 is 10.6 Å². The van der Waals surface area contributed by atoms with E-state index in [1.807, 2.05) is 0 Å². The van der Waals surface area contributed by atoms with Crippen LogP contribution in [0.2, 0.25) is 0 Å². The molecule has 4 nitrogen and oxygen atoms in total. The summed E-state index contributed by atoms with van der Waals surface area (Å²) in [4.78, 5) is 11.7. The maximum atomic E-state index is 11.7.